The molecule has 3 heterocycles. The van der Waals surface area contributed by atoms with Gasteiger partial charge < -0.3 is 19.6 Å². The van der Waals surface area contributed by atoms with Gasteiger partial charge in [-0.05, 0) is 32.9 Å². The number of nitrogen functional groups attached to an aromatic ring is 1. The van der Waals surface area contributed by atoms with Crippen molar-refractivity contribution in [2.75, 3.05) is 12.3 Å². The minimum absolute atomic E-state index is 0.0361. The normalized spacial score (nSPS) is 11.0. The van der Waals surface area contributed by atoms with Crippen LogP contribution in [0.5, 0.6) is 0 Å². The van der Waals surface area contributed by atoms with Crippen molar-refractivity contribution in [1.29, 1.82) is 0 Å². The molecule has 0 aliphatic carbocycles. The van der Waals surface area contributed by atoms with Crippen LogP contribution in [0.25, 0.3) is 16.8 Å². The summed E-state index contributed by atoms with van der Waals surface area (Å²) in [4.78, 5) is 33.2. The number of carbonyl (C=O) groups excluding carboxylic acids is 2. The van der Waals surface area contributed by atoms with Crippen molar-refractivity contribution in [2.24, 2.45) is 0 Å². The number of nitrogens with two attached hydrogens (primary N) is 1. The zero-order valence-corrected chi connectivity index (χ0v) is 17.8. The summed E-state index contributed by atoms with van der Waals surface area (Å²) < 4.78 is 17.6. The average Bonchev–Trinajstić information content (AvgIpc) is 3.32. The highest BCUT2D eigenvalue weighted by atomic mass is 16.5. The van der Waals surface area contributed by atoms with Crippen molar-refractivity contribution in [3.63, 3.8) is 0 Å². The Bertz CT molecular complexity index is 1310. The second-order valence-corrected chi connectivity index (χ2v) is 6.93. The zero-order chi connectivity index (χ0) is 22.8. The quantitative estimate of drug-likeness (QED) is 0.453. The first-order chi connectivity index (χ1) is 15.4. The summed E-state index contributed by atoms with van der Waals surface area (Å²) >= 11 is 0. The standard InChI is InChI=1S/C22H21N5O5/c1-4-30-22(29)17-13(3)32-20-18(17)19(23)25-16(26-20)11-31-21(28)15-10-24-27(12(15)2)14-8-6-5-7-9-14/h5-10H,4,11H2,1-3H3,(H2,23,25,26). The fourth-order valence-corrected chi connectivity index (χ4v) is 3.34. The lowest BCUT2D eigenvalue weighted by Gasteiger charge is -2.06. The first kappa shape index (κ1) is 21.0. The van der Waals surface area contributed by atoms with Gasteiger partial charge in [0.05, 0.1) is 29.6 Å². The number of hydrogen-bond donors (Lipinski definition) is 1. The first-order valence-electron chi connectivity index (χ1n) is 9.90. The van der Waals surface area contributed by atoms with Gasteiger partial charge in [0.2, 0.25) is 5.71 Å². The third-order valence-corrected chi connectivity index (χ3v) is 4.84. The van der Waals surface area contributed by atoms with Crippen molar-refractivity contribution in [2.45, 2.75) is 27.4 Å². The number of para-hydroxylation sites is 1. The highest BCUT2D eigenvalue weighted by Crippen LogP contribution is 2.29. The summed E-state index contributed by atoms with van der Waals surface area (Å²) in [6.45, 7) is 5.07. The van der Waals surface area contributed by atoms with E-state index in [0.717, 1.165) is 5.69 Å². The minimum Gasteiger partial charge on any atom is -0.462 e. The lowest BCUT2D eigenvalue weighted by molar-refractivity contribution is 0.0460. The van der Waals surface area contributed by atoms with E-state index < -0.39 is 11.9 Å². The smallest absolute Gasteiger partial charge is 0.342 e. The first-order valence-corrected chi connectivity index (χ1v) is 9.90. The second kappa shape index (κ2) is 8.50. The number of furan rings is 1. The Hall–Kier alpha value is -4.21. The molecule has 164 valence electrons. The summed E-state index contributed by atoms with van der Waals surface area (Å²) in [7, 11) is 0. The second-order valence-electron chi connectivity index (χ2n) is 6.93. The number of nitrogens with zero attached hydrogens (tertiary/aromatic N) is 4. The molecule has 32 heavy (non-hydrogen) atoms. The SMILES string of the molecule is CCOC(=O)c1c(C)oc2nc(COC(=O)c3cnn(-c4ccccc4)c3C)nc(N)c12. The van der Waals surface area contributed by atoms with Gasteiger partial charge in [-0.15, -0.1) is 0 Å². The maximum atomic E-state index is 12.6. The van der Waals surface area contributed by atoms with Crippen molar-refractivity contribution >= 4 is 28.9 Å². The lowest BCUT2D eigenvalue weighted by atomic mass is 10.2. The van der Waals surface area contributed by atoms with E-state index in [2.05, 4.69) is 15.1 Å². The Labute approximate surface area is 183 Å². The number of anilines is 1. The van der Waals surface area contributed by atoms with Crippen molar-refractivity contribution in [3.8, 4) is 5.69 Å². The fourth-order valence-electron chi connectivity index (χ4n) is 3.34. The van der Waals surface area contributed by atoms with Gasteiger partial charge in [0.1, 0.15) is 22.7 Å². The number of esters is 2. The van der Waals surface area contributed by atoms with Gasteiger partial charge in [-0.2, -0.15) is 10.1 Å². The molecule has 10 heteroatoms. The van der Waals surface area contributed by atoms with Crippen molar-refractivity contribution in [3.05, 3.63) is 64.9 Å². The Morgan fingerprint density at radius 2 is 1.84 bits per heavy atom. The molecule has 10 nitrogen and oxygen atoms in total. The Morgan fingerprint density at radius 1 is 1.09 bits per heavy atom. The molecular formula is C22H21N5O5. The highest BCUT2D eigenvalue weighted by Gasteiger charge is 2.24. The van der Waals surface area contributed by atoms with Crippen LogP contribution >= 0.6 is 0 Å². The molecule has 0 aliphatic heterocycles. The maximum absolute atomic E-state index is 12.6. The molecule has 0 atom stereocenters. The predicted octanol–water partition coefficient (Wildman–Crippen LogP) is 3.14. The largest absolute Gasteiger partial charge is 0.462 e. The number of carbonyl (C=O) groups is 2. The van der Waals surface area contributed by atoms with Crippen LogP contribution in [0.3, 0.4) is 0 Å². The molecule has 0 saturated carbocycles. The van der Waals surface area contributed by atoms with Crippen LogP contribution in [0.4, 0.5) is 5.82 Å². The number of rotatable bonds is 6. The Morgan fingerprint density at radius 3 is 2.56 bits per heavy atom. The number of fused-ring (bicyclic) bond motifs is 1. The van der Waals surface area contributed by atoms with Gasteiger partial charge in [-0.3, -0.25) is 0 Å². The van der Waals surface area contributed by atoms with Crippen LogP contribution < -0.4 is 5.73 Å². The number of aromatic nitrogens is 4. The molecule has 4 rings (SSSR count). The van der Waals surface area contributed by atoms with E-state index in [9.17, 15) is 9.59 Å². The summed E-state index contributed by atoms with van der Waals surface area (Å²) in [5.41, 5.74) is 8.14. The number of benzene rings is 1. The molecule has 1 aromatic carbocycles. The highest BCUT2D eigenvalue weighted by molar-refractivity contribution is 6.07. The predicted molar refractivity (Wildman–Crippen MR) is 114 cm³/mol. The Kier molecular flexibility index (Phi) is 5.59. The fraction of sp³-hybridized carbons (Fsp3) is 0.227. The van der Waals surface area contributed by atoms with Gasteiger partial charge >= 0.3 is 11.9 Å². The van der Waals surface area contributed by atoms with Crippen molar-refractivity contribution < 1.29 is 23.5 Å². The molecule has 0 unspecified atom stereocenters. The van der Waals surface area contributed by atoms with Crippen LogP contribution in [-0.2, 0) is 16.1 Å². The van der Waals surface area contributed by atoms with E-state index >= 15 is 0 Å². The topological polar surface area (TPSA) is 135 Å². The van der Waals surface area contributed by atoms with E-state index in [1.54, 1.807) is 25.5 Å². The molecule has 0 fully saturated rings. The summed E-state index contributed by atoms with van der Waals surface area (Å²) in [5.74, 6) is -0.647. The van der Waals surface area contributed by atoms with E-state index in [0.29, 0.717) is 17.0 Å². The van der Waals surface area contributed by atoms with Crippen LogP contribution in [-0.4, -0.2) is 38.3 Å². The number of hydrogen-bond acceptors (Lipinski definition) is 9. The Balaban J connectivity index is 1.54. The summed E-state index contributed by atoms with van der Waals surface area (Å²) in [6.07, 6.45) is 1.45. The van der Waals surface area contributed by atoms with Gasteiger partial charge in [-0.25, -0.2) is 19.3 Å². The van der Waals surface area contributed by atoms with Crippen LogP contribution in [0.15, 0.2) is 40.9 Å². The van der Waals surface area contributed by atoms with E-state index in [1.807, 2.05) is 30.3 Å². The third kappa shape index (κ3) is 3.78. The maximum Gasteiger partial charge on any atom is 0.342 e. The third-order valence-electron chi connectivity index (χ3n) is 4.84. The summed E-state index contributed by atoms with van der Waals surface area (Å²) in [5, 5.41) is 4.54. The zero-order valence-electron chi connectivity index (χ0n) is 17.8. The summed E-state index contributed by atoms with van der Waals surface area (Å²) in [6, 6.07) is 9.44. The molecule has 3 aromatic heterocycles. The van der Waals surface area contributed by atoms with Gasteiger partial charge in [-0.1, -0.05) is 18.2 Å². The molecule has 4 aromatic rings. The molecule has 0 radical (unpaired) electrons. The van der Waals surface area contributed by atoms with Gasteiger partial charge in [0, 0.05) is 0 Å². The van der Waals surface area contributed by atoms with Crippen LogP contribution in [0.2, 0.25) is 0 Å². The van der Waals surface area contributed by atoms with Gasteiger partial charge in [0.25, 0.3) is 0 Å². The van der Waals surface area contributed by atoms with Crippen LogP contribution in [0.1, 0.15) is 44.9 Å². The molecule has 0 saturated heterocycles. The number of aryl methyl sites for hydroxylation is 1. The number of ether oxygens (including phenoxy) is 2. The molecule has 2 N–H and O–H groups in total. The molecule has 0 amide bonds. The van der Waals surface area contributed by atoms with E-state index in [-0.39, 0.29) is 41.5 Å². The van der Waals surface area contributed by atoms with Crippen molar-refractivity contribution in [1.82, 2.24) is 19.7 Å². The minimum atomic E-state index is -0.574. The van der Waals surface area contributed by atoms with E-state index in [4.69, 9.17) is 19.6 Å². The molecular weight excluding hydrogens is 414 g/mol. The molecule has 0 aliphatic rings. The average molecular weight is 435 g/mol. The van der Waals surface area contributed by atoms with Crippen LogP contribution in [0, 0.1) is 13.8 Å². The van der Waals surface area contributed by atoms with Gasteiger partial charge in [0.15, 0.2) is 12.4 Å². The monoisotopic (exact) mass is 435 g/mol. The molecule has 0 spiro atoms. The van der Waals surface area contributed by atoms with E-state index in [1.165, 1.54) is 6.20 Å². The lowest BCUT2D eigenvalue weighted by Crippen LogP contribution is -2.10. The molecule has 0 bridgehead atoms.